The van der Waals surface area contributed by atoms with Crippen LogP contribution in [0.4, 0.5) is 0 Å². The van der Waals surface area contributed by atoms with Gasteiger partial charge >= 0.3 is 0 Å². The zero-order valence-corrected chi connectivity index (χ0v) is 15.7. The highest BCUT2D eigenvalue weighted by molar-refractivity contribution is 6.10. The van der Waals surface area contributed by atoms with Crippen LogP contribution in [0.5, 0.6) is 5.75 Å². The monoisotopic (exact) mass is 396 g/mol. The highest BCUT2D eigenvalue weighted by Gasteiger charge is 2.16. The number of hydrogen-bond donors (Lipinski definition) is 2. The second kappa shape index (κ2) is 7.21. The van der Waals surface area contributed by atoms with Gasteiger partial charge in [0.1, 0.15) is 11.4 Å². The zero-order valence-electron chi connectivity index (χ0n) is 15.7. The lowest BCUT2D eigenvalue weighted by molar-refractivity contribution is 0.101. The Kier molecular flexibility index (Phi) is 4.25. The van der Waals surface area contributed by atoms with Crippen molar-refractivity contribution in [2.75, 3.05) is 5.43 Å². The maximum absolute atomic E-state index is 13.1. The summed E-state index contributed by atoms with van der Waals surface area (Å²) in [4.78, 5) is 19.1. The fourth-order valence-electron chi connectivity index (χ4n) is 3.30. The van der Waals surface area contributed by atoms with E-state index in [1.165, 1.54) is 4.79 Å². The highest BCUT2D eigenvalue weighted by atomic mass is 16.3. The minimum Gasteiger partial charge on any atom is -0.507 e. The van der Waals surface area contributed by atoms with E-state index < -0.39 is 0 Å². The number of rotatable bonds is 4. The molecule has 0 bridgehead atoms. The molecule has 2 N–H and O–H groups in total. The Bertz CT molecular complexity index is 1360. The van der Waals surface area contributed by atoms with Gasteiger partial charge in [0.2, 0.25) is 0 Å². The smallest absolute Gasteiger partial charge is 0.272 e. The van der Waals surface area contributed by atoms with Crippen molar-refractivity contribution < 1.29 is 14.3 Å². The molecule has 30 heavy (non-hydrogen) atoms. The quantitative estimate of drug-likeness (QED) is 0.468. The molecular formula is C23H16N4O3. The molecule has 0 unspecified atom stereocenters. The topological polar surface area (TPSA) is 93.2 Å². The van der Waals surface area contributed by atoms with Crippen LogP contribution in [0.3, 0.4) is 0 Å². The molecule has 5 aromatic rings. The van der Waals surface area contributed by atoms with Gasteiger partial charge < -0.3 is 9.52 Å². The Balaban J connectivity index is 1.54. The summed E-state index contributed by atoms with van der Waals surface area (Å²) in [5.41, 5.74) is 5.51. The molecule has 0 atom stereocenters. The summed E-state index contributed by atoms with van der Waals surface area (Å²) >= 11 is 0. The number of hydrogen-bond acceptors (Lipinski definition) is 5. The Hall–Kier alpha value is -4.39. The largest absolute Gasteiger partial charge is 0.507 e. The number of fused-ring (bicyclic) bond motifs is 1. The van der Waals surface area contributed by atoms with Gasteiger partial charge in [-0.15, -0.1) is 5.10 Å². The summed E-state index contributed by atoms with van der Waals surface area (Å²) < 4.78 is 5.34. The summed E-state index contributed by atoms with van der Waals surface area (Å²) in [6.45, 7) is 0. The average molecular weight is 396 g/mol. The van der Waals surface area contributed by atoms with E-state index in [-0.39, 0.29) is 11.7 Å². The number of nitrogens with zero attached hydrogens (tertiary/aromatic N) is 3. The van der Waals surface area contributed by atoms with E-state index in [0.29, 0.717) is 39.2 Å². The fourth-order valence-corrected chi connectivity index (χ4v) is 3.30. The molecule has 2 aromatic carbocycles. The lowest BCUT2D eigenvalue weighted by Gasteiger charge is -2.11. The predicted octanol–water partition coefficient (Wildman–Crippen LogP) is 4.45. The van der Waals surface area contributed by atoms with Gasteiger partial charge in [0.15, 0.2) is 5.76 Å². The van der Waals surface area contributed by atoms with Gasteiger partial charge in [-0.05, 0) is 42.5 Å². The number of furan rings is 1. The third kappa shape index (κ3) is 3.18. The molecule has 0 saturated heterocycles. The van der Waals surface area contributed by atoms with Gasteiger partial charge in [0.05, 0.1) is 23.0 Å². The first kappa shape index (κ1) is 17.7. The van der Waals surface area contributed by atoms with E-state index in [4.69, 9.17) is 4.42 Å². The van der Waals surface area contributed by atoms with Crippen molar-refractivity contribution >= 4 is 16.8 Å². The summed E-state index contributed by atoms with van der Waals surface area (Å²) in [7, 11) is 0. The van der Waals surface area contributed by atoms with Crippen LogP contribution in [0.1, 0.15) is 10.4 Å². The van der Waals surface area contributed by atoms with Crippen molar-refractivity contribution in [2.45, 2.75) is 0 Å². The lowest BCUT2D eigenvalue weighted by Crippen LogP contribution is -2.23. The first-order valence-electron chi connectivity index (χ1n) is 9.28. The molecule has 7 heteroatoms. The number of aromatic hydroxyl groups is 1. The van der Waals surface area contributed by atoms with Crippen molar-refractivity contribution in [3.8, 4) is 28.5 Å². The number of amides is 1. The van der Waals surface area contributed by atoms with Gasteiger partial charge in [0.25, 0.3) is 5.91 Å². The second-order valence-electron chi connectivity index (χ2n) is 6.65. The first-order chi connectivity index (χ1) is 14.7. The molecule has 0 aliphatic carbocycles. The zero-order chi connectivity index (χ0) is 20.5. The number of nitrogens with one attached hydrogen (secondary N) is 1. The molecule has 3 heterocycles. The van der Waals surface area contributed by atoms with E-state index in [1.54, 1.807) is 54.9 Å². The number of carbonyl (C=O) groups excluding carboxylic acids is 1. The maximum atomic E-state index is 13.1. The first-order valence-corrected chi connectivity index (χ1v) is 9.28. The summed E-state index contributed by atoms with van der Waals surface area (Å²) in [5.74, 6) is 0.361. The summed E-state index contributed by atoms with van der Waals surface area (Å²) in [5, 5.41) is 15.3. The SMILES string of the molecule is O=C(Nn1ccc(-c2ccco2)n1)c1cc(-c2ccccc2O)nc2ccccc12. The van der Waals surface area contributed by atoms with Crippen molar-refractivity contribution in [1.29, 1.82) is 0 Å². The van der Waals surface area contributed by atoms with Crippen molar-refractivity contribution in [2.24, 2.45) is 0 Å². The molecule has 0 saturated carbocycles. The third-order valence-electron chi connectivity index (χ3n) is 4.72. The van der Waals surface area contributed by atoms with Gasteiger partial charge in [-0.1, -0.05) is 30.3 Å². The molecule has 0 spiro atoms. The van der Waals surface area contributed by atoms with Crippen LogP contribution in [-0.2, 0) is 0 Å². The van der Waals surface area contributed by atoms with E-state index in [0.717, 1.165) is 0 Å². The molecule has 5 rings (SSSR count). The molecule has 0 radical (unpaired) electrons. The summed E-state index contributed by atoms with van der Waals surface area (Å²) in [6, 6.07) is 21.3. The normalized spacial score (nSPS) is 10.9. The average Bonchev–Trinajstić information content (AvgIpc) is 3.45. The van der Waals surface area contributed by atoms with Gasteiger partial charge in [-0.2, -0.15) is 4.79 Å². The van der Waals surface area contributed by atoms with Gasteiger partial charge in [-0.25, -0.2) is 10.4 Å². The van der Waals surface area contributed by atoms with E-state index >= 15 is 0 Å². The highest BCUT2D eigenvalue weighted by Crippen LogP contribution is 2.30. The number of para-hydroxylation sites is 2. The number of benzene rings is 2. The maximum Gasteiger partial charge on any atom is 0.272 e. The molecule has 146 valence electrons. The van der Waals surface area contributed by atoms with Gasteiger partial charge in [-0.3, -0.25) is 4.79 Å². The number of carbonyl (C=O) groups is 1. The minimum atomic E-state index is -0.348. The molecular weight excluding hydrogens is 380 g/mol. The van der Waals surface area contributed by atoms with Crippen LogP contribution in [0, 0.1) is 0 Å². The second-order valence-corrected chi connectivity index (χ2v) is 6.65. The third-order valence-corrected chi connectivity index (χ3v) is 4.72. The number of pyridine rings is 1. The Morgan fingerprint density at radius 1 is 0.967 bits per heavy atom. The van der Waals surface area contributed by atoms with Crippen molar-refractivity contribution in [1.82, 2.24) is 14.9 Å². The van der Waals surface area contributed by atoms with Crippen LogP contribution < -0.4 is 5.43 Å². The van der Waals surface area contributed by atoms with E-state index in [2.05, 4.69) is 15.5 Å². The minimum absolute atomic E-state index is 0.0989. The fraction of sp³-hybridized carbons (Fsp3) is 0. The number of phenols is 1. The summed E-state index contributed by atoms with van der Waals surface area (Å²) in [6.07, 6.45) is 3.21. The standard InChI is InChI=1S/C23H16N4O3/c28-21-9-4-2-7-16(21)20-14-17(15-6-1-3-8-18(15)24-20)23(29)26-27-12-11-19(25-27)22-10-5-13-30-22/h1-14,28H,(H,26,29). The molecule has 3 aromatic heterocycles. The lowest BCUT2D eigenvalue weighted by atomic mass is 10.0. The predicted molar refractivity (Wildman–Crippen MR) is 112 cm³/mol. The van der Waals surface area contributed by atoms with Crippen molar-refractivity contribution in [3.05, 3.63) is 90.8 Å². The van der Waals surface area contributed by atoms with Crippen LogP contribution in [0.15, 0.2) is 89.7 Å². The van der Waals surface area contributed by atoms with Crippen LogP contribution in [-0.4, -0.2) is 25.9 Å². The molecule has 0 aliphatic rings. The van der Waals surface area contributed by atoms with Gasteiger partial charge in [0, 0.05) is 17.1 Å². The van der Waals surface area contributed by atoms with E-state index in [9.17, 15) is 9.90 Å². The number of phenolic OH excluding ortho intramolecular Hbond substituents is 1. The molecule has 1 amide bonds. The van der Waals surface area contributed by atoms with Crippen LogP contribution in [0.2, 0.25) is 0 Å². The van der Waals surface area contributed by atoms with Crippen LogP contribution in [0.25, 0.3) is 33.6 Å². The van der Waals surface area contributed by atoms with Crippen LogP contribution >= 0.6 is 0 Å². The van der Waals surface area contributed by atoms with Crippen molar-refractivity contribution in [3.63, 3.8) is 0 Å². The molecule has 0 fully saturated rings. The molecule has 0 aliphatic heterocycles. The Labute approximate surface area is 171 Å². The number of aromatic nitrogens is 3. The Morgan fingerprint density at radius 2 is 1.80 bits per heavy atom. The molecule has 7 nitrogen and oxygen atoms in total. The van der Waals surface area contributed by atoms with E-state index in [1.807, 2.05) is 30.3 Å². The Morgan fingerprint density at radius 3 is 2.63 bits per heavy atom.